The van der Waals surface area contributed by atoms with E-state index < -0.39 is 24.0 Å². The van der Waals surface area contributed by atoms with Crippen LogP contribution >= 0.6 is 12.6 Å². The highest BCUT2D eigenvalue weighted by molar-refractivity contribution is 7.80. The highest BCUT2D eigenvalue weighted by Crippen LogP contribution is 2.21. The summed E-state index contributed by atoms with van der Waals surface area (Å²) in [5, 5.41) is 0. The normalized spacial score (nSPS) is 12.4. The molecule has 1 aromatic rings. The number of ether oxygens (including phenoxy) is 1. The van der Waals surface area contributed by atoms with Crippen molar-refractivity contribution < 1.29 is 22.5 Å². The third-order valence-corrected chi connectivity index (χ3v) is 2.66. The maximum Gasteiger partial charge on any atom is 0.509 e. The summed E-state index contributed by atoms with van der Waals surface area (Å²) in [5.74, 6) is -0.776. The van der Waals surface area contributed by atoms with Crippen LogP contribution in [-0.2, 0) is 4.74 Å². The van der Waals surface area contributed by atoms with Gasteiger partial charge in [-0.25, -0.2) is 4.79 Å². The second kappa shape index (κ2) is 5.11. The van der Waals surface area contributed by atoms with Crippen molar-refractivity contribution in [3.05, 3.63) is 23.3 Å². The SMILES string of the molecule is Cc1c(C(=O)OC(C)(C)C)cc(S)cc1[B-](F)(F)F. The molecular formula is C12H15BF3O2S-. The van der Waals surface area contributed by atoms with Gasteiger partial charge in [-0.05, 0) is 33.8 Å². The van der Waals surface area contributed by atoms with Crippen molar-refractivity contribution in [3.8, 4) is 0 Å². The number of halogens is 3. The zero-order chi connectivity index (χ0) is 15.0. The van der Waals surface area contributed by atoms with Gasteiger partial charge in [0.1, 0.15) is 5.60 Å². The molecule has 0 amide bonds. The van der Waals surface area contributed by atoms with Crippen LogP contribution in [0.2, 0.25) is 0 Å². The summed E-state index contributed by atoms with van der Waals surface area (Å²) in [5.41, 5.74) is -1.80. The van der Waals surface area contributed by atoms with Gasteiger partial charge < -0.3 is 17.7 Å². The molecule has 0 spiro atoms. The van der Waals surface area contributed by atoms with Gasteiger partial charge in [0.2, 0.25) is 0 Å². The number of hydrogen-bond donors (Lipinski definition) is 1. The Morgan fingerprint density at radius 2 is 1.79 bits per heavy atom. The van der Waals surface area contributed by atoms with E-state index in [0.717, 1.165) is 6.07 Å². The topological polar surface area (TPSA) is 26.3 Å². The molecule has 0 radical (unpaired) electrons. The van der Waals surface area contributed by atoms with Gasteiger partial charge in [0.15, 0.2) is 0 Å². The molecule has 1 aromatic carbocycles. The fourth-order valence-electron chi connectivity index (χ4n) is 1.61. The zero-order valence-corrected chi connectivity index (χ0v) is 12.0. The van der Waals surface area contributed by atoms with Crippen LogP contribution in [0.25, 0.3) is 0 Å². The smallest absolute Gasteiger partial charge is 0.456 e. The molecule has 0 saturated carbocycles. The van der Waals surface area contributed by atoms with Crippen LogP contribution in [-0.4, -0.2) is 18.5 Å². The van der Waals surface area contributed by atoms with Crippen LogP contribution in [0, 0.1) is 6.92 Å². The van der Waals surface area contributed by atoms with E-state index in [1.54, 1.807) is 20.8 Å². The van der Waals surface area contributed by atoms with Crippen molar-refractivity contribution >= 4 is 31.0 Å². The average molecular weight is 291 g/mol. The minimum atomic E-state index is -5.19. The quantitative estimate of drug-likeness (QED) is 0.514. The first-order valence-electron chi connectivity index (χ1n) is 5.68. The van der Waals surface area contributed by atoms with E-state index >= 15 is 0 Å². The largest absolute Gasteiger partial charge is 0.509 e. The van der Waals surface area contributed by atoms with E-state index in [4.69, 9.17) is 4.74 Å². The van der Waals surface area contributed by atoms with Gasteiger partial charge in [-0.15, -0.1) is 18.1 Å². The van der Waals surface area contributed by atoms with Gasteiger partial charge in [0.25, 0.3) is 0 Å². The maximum absolute atomic E-state index is 12.9. The predicted molar refractivity (Wildman–Crippen MR) is 72.3 cm³/mol. The fraction of sp³-hybridized carbons (Fsp3) is 0.417. The minimum absolute atomic E-state index is 0.0839. The number of rotatable bonds is 2. The third kappa shape index (κ3) is 4.19. The molecule has 0 atom stereocenters. The summed E-state index contributed by atoms with van der Waals surface area (Å²) in [6.07, 6.45) is 0. The second-order valence-corrected chi connectivity index (χ2v) is 5.80. The van der Waals surface area contributed by atoms with Crippen LogP contribution in [0.1, 0.15) is 36.7 Å². The minimum Gasteiger partial charge on any atom is -0.456 e. The first kappa shape index (κ1) is 16.0. The molecule has 7 heteroatoms. The number of hydrogen-bond acceptors (Lipinski definition) is 3. The van der Waals surface area contributed by atoms with E-state index in [9.17, 15) is 17.7 Å². The summed E-state index contributed by atoms with van der Waals surface area (Å²) >= 11 is 3.91. The highest BCUT2D eigenvalue weighted by atomic mass is 32.1. The second-order valence-electron chi connectivity index (χ2n) is 5.28. The monoisotopic (exact) mass is 291 g/mol. The molecule has 0 aliphatic carbocycles. The first-order valence-corrected chi connectivity index (χ1v) is 6.13. The Balaban J connectivity index is 3.30. The Morgan fingerprint density at radius 3 is 2.21 bits per heavy atom. The standard InChI is InChI=1S/C12H15BF3O2S/c1-7-9(11(17)18-12(2,3)4)5-8(19)6-10(7)13(14,15)16/h5-6,19H,1-4H3/q-1. The lowest BCUT2D eigenvalue weighted by Crippen LogP contribution is -2.37. The molecule has 106 valence electrons. The van der Waals surface area contributed by atoms with Crippen LogP contribution < -0.4 is 5.46 Å². The fourth-order valence-corrected chi connectivity index (χ4v) is 1.87. The van der Waals surface area contributed by atoms with Gasteiger partial charge in [0, 0.05) is 4.90 Å². The highest BCUT2D eigenvalue weighted by Gasteiger charge is 2.30. The van der Waals surface area contributed by atoms with E-state index in [2.05, 4.69) is 12.6 Å². The molecular weight excluding hydrogens is 276 g/mol. The molecule has 0 aliphatic rings. The van der Waals surface area contributed by atoms with Crippen molar-refractivity contribution in [2.45, 2.75) is 38.2 Å². The number of esters is 1. The van der Waals surface area contributed by atoms with E-state index in [-0.39, 0.29) is 16.0 Å². The third-order valence-electron chi connectivity index (χ3n) is 2.40. The summed E-state index contributed by atoms with van der Waals surface area (Å²) in [7, 11) is 0. The van der Waals surface area contributed by atoms with Gasteiger partial charge in [0.05, 0.1) is 5.56 Å². The predicted octanol–water partition coefficient (Wildman–Crippen LogP) is 3.29. The molecule has 19 heavy (non-hydrogen) atoms. The molecule has 0 unspecified atom stereocenters. The Bertz CT molecular complexity index is 507. The van der Waals surface area contributed by atoms with Crippen LogP contribution in [0.15, 0.2) is 17.0 Å². The number of carbonyl (C=O) groups is 1. The van der Waals surface area contributed by atoms with Crippen molar-refractivity contribution in [1.82, 2.24) is 0 Å². The number of carbonyl (C=O) groups excluding carboxylic acids is 1. The van der Waals surface area contributed by atoms with E-state index in [0.29, 0.717) is 0 Å². The van der Waals surface area contributed by atoms with Crippen molar-refractivity contribution in [1.29, 1.82) is 0 Å². The molecule has 0 aromatic heterocycles. The average Bonchev–Trinajstić information content (AvgIpc) is 2.16. The summed E-state index contributed by atoms with van der Waals surface area (Å²) in [6.45, 7) is 1.03. The number of thiol groups is 1. The van der Waals surface area contributed by atoms with Crippen LogP contribution in [0.3, 0.4) is 0 Å². The van der Waals surface area contributed by atoms with Crippen molar-refractivity contribution in [2.75, 3.05) is 0 Å². The molecule has 0 heterocycles. The Morgan fingerprint density at radius 1 is 1.26 bits per heavy atom. The van der Waals surface area contributed by atoms with Crippen LogP contribution in [0.5, 0.6) is 0 Å². The van der Waals surface area contributed by atoms with Gasteiger partial charge in [-0.3, -0.25) is 0 Å². The van der Waals surface area contributed by atoms with Crippen molar-refractivity contribution in [3.63, 3.8) is 0 Å². The van der Waals surface area contributed by atoms with E-state index in [1.807, 2.05) is 0 Å². The Labute approximate surface area is 115 Å². The van der Waals surface area contributed by atoms with Gasteiger partial charge >= 0.3 is 12.9 Å². The lowest BCUT2D eigenvalue weighted by molar-refractivity contribution is 0.00686. The summed E-state index contributed by atoms with van der Waals surface area (Å²) in [6, 6.07) is 2.21. The molecule has 0 bridgehead atoms. The molecule has 1 rings (SSSR count). The zero-order valence-electron chi connectivity index (χ0n) is 11.1. The lowest BCUT2D eigenvalue weighted by atomic mass is 9.76. The molecule has 0 N–H and O–H groups in total. The van der Waals surface area contributed by atoms with Crippen molar-refractivity contribution in [2.24, 2.45) is 0 Å². The molecule has 2 nitrogen and oxygen atoms in total. The molecule has 0 aliphatic heterocycles. The van der Waals surface area contributed by atoms with Gasteiger partial charge in [-0.1, -0.05) is 11.6 Å². The van der Waals surface area contributed by atoms with E-state index in [1.165, 1.54) is 13.0 Å². The summed E-state index contributed by atoms with van der Waals surface area (Å²) in [4.78, 5) is 12.0. The number of benzene rings is 1. The summed E-state index contributed by atoms with van der Waals surface area (Å²) < 4.78 is 43.8. The Kier molecular flexibility index (Phi) is 4.29. The molecule has 0 saturated heterocycles. The Hall–Kier alpha value is -1.11. The molecule has 0 fully saturated rings. The lowest BCUT2D eigenvalue weighted by Gasteiger charge is -2.23. The van der Waals surface area contributed by atoms with Crippen LogP contribution in [0.4, 0.5) is 12.9 Å². The first-order chi connectivity index (χ1) is 8.42. The maximum atomic E-state index is 12.9. The van der Waals surface area contributed by atoms with Gasteiger partial charge in [-0.2, -0.15) is 0 Å².